The third kappa shape index (κ3) is 3.08. The van der Waals surface area contributed by atoms with Crippen molar-refractivity contribution in [3.8, 4) is 11.8 Å². The topological polar surface area (TPSA) is 102 Å². The number of nitro groups is 1. The Morgan fingerprint density at radius 3 is 2.88 bits per heavy atom. The zero-order chi connectivity index (χ0) is 12.1. The van der Waals surface area contributed by atoms with E-state index in [-0.39, 0.29) is 23.1 Å². The maximum absolute atomic E-state index is 10.4. The zero-order valence-electron chi connectivity index (χ0n) is 8.09. The van der Waals surface area contributed by atoms with Crippen LogP contribution in [-0.4, -0.2) is 17.6 Å². The number of nitriles is 1. The van der Waals surface area contributed by atoms with E-state index in [1.807, 2.05) is 0 Å². The van der Waals surface area contributed by atoms with E-state index in [0.29, 0.717) is 0 Å². The van der Waals surface area contributed by atoms with E-state index in [1.165, 1.54) is 18.2 Å². The number of nitro benzene ring substituents is 1. The molecule has 0 amide bonds. The van der Waals surface area contributed by atoms with E-state index in [1.54, 1.807) is 6.07 Å². The number of ether oxygens (including phenoxy) is 1. The van der Waals surface area contributed by atoms with Crippen molar-refractivity contribution in [3.63, 3.8) is 0 Å². The predicted octanol–water partition coefficient (Wildman–Crippen LogP) is 1.48. The highest BCUT2D eigenvalue weighted by atomic mass is 35.5. The molecule has 0 radical (unpaired) electrons. The van der Waals surface area contributed by atoms with Gasteiger partial charge in [-0.25, -0.2) is 0 Å². The minimum atomic E-state index is -0.758. The first-order chi connectivity index (χ1) is 7.54. The van der Waals surface area contributed by atoms with Gasteiger partial charge in [-0.3, -0.25) is 10.1 Å². The average Bonchev–Trinajstić information content (AvgIpc) is 2.26. The molecule has 1 rings (SSSR count). The predicted molar refractivity (Wildman–Crippen MR) is 57.2 cm³/mol. The van der Waals surface area contributed by atoms with Crippen molar-refractivity contribution in [2.75, 3.05) is 6.61 Å². The van der Waals surface area contributed by atoms with E-state index in [0.717, 1.165) is 0 Å². The first-order valence-electron chi connectivity index (χ1n) is 4.26. The van der Waals surface area contributed by atoms with E-state index < -0.39 is 11.0 Å². The lowest BCUT2D eigenvalue weighted by atomic mass is 10.3. The van der Waals surface area contributed by atoms with Crippen LogP contribution in [0.4, 0.5) is 5.69 Å². The second kappa shape index (κ2) is 5.30. The van der Waals surface area contributed by atoms with Crippen LogP contribution >= 0.6 is 11.6 Å². The molecule has 0 saturated heterocycles. The summed E-state index contributed by atoms with van der Waals surface area (Å²) in [7, 11) is 0. The number of hydrogen-bond acceptors (Lipinski definition) is 5. The molecule has 0 fully saturated rings. The minimum Gasteiger partial charge on any atom is -0.489 e. The third-order valence-electron chi connectivity index (χ3n) is 1.71. The second-order valence-corrected chi connectivity index (χ2v) is 3.33. The summed E-state index contributed by atoms with van der Waals surface area (Å²) >= 11 is 5.75. The molecule has 84 valence electrons. The molecule has 6 nitrogen and oxygen atoms in total. The summed E-state index contributed by atoms with van der Waals surface area (Å²) in [6, 6.07) is 4.83. The van der Waals surface area contributed by atoms with Crippen LogP contribution in [0, 0.1) is 21.4 Å². The Bertz CT molecular complexity index is 444. The molecule has 0 saturated carbocycles. The summed E-state index contributed by atoms with van der Waals surface area (Å²) in [6.45, 7) is -0.0198. The Morgan fingerprint density at radius 2 is 2.38 bits per heavy atom. The highest BCUT2D eigenvalue weighted by Gasteiger charge is 2.11. The molecule has 0 aliphatic rings. The smallest absolute Gasteiger partial charge is 0.271 e. The van der Waals surface area contributed by atoms with E-state index >= 15 is 0 Å². The number of nitrogens with two attached hydrogens (primary N) is 1. The molecular formula is C9H8ClN3O3. The van der Waals surface area contributed by atoms with Crippen LogP contribution in [0.5, 0.6) is 5.75 Å². The van der Waals surface area contributed by atoms with Crippen LogP contribution in [0.3, 0.4) is 0 Å². The van der Waals surface area contributed by atoms with Crippen LogP contribution in [-0.2, 0) is 0 Å². The first kappa shape index (κ1) is 12.2. The van der Waals surface area contributed by atoms with Crippen molar-refractivity contribution in [2.45, 2.75) is 6.04 Å². The molecule has 0 aromatic heterocycles. The summed E-state index contributed by atoms with van der Waals surface area (Å²) in [6.07, 6.45) is 0. The maximum atomic E-state index is 10.4. The summed E-state index contributed by atoms with van der Waals surface area (Å²) in [4.78, 5) is 9.86. The van der Waals surface area contributed by atoms with Gasteiger partial charge in [0.15, 0.2) is 0 Å². The Balaban J connectivity index is 2.76. The van der Waals surface area contributed by atoms with Gasteiger partial charge in [0, 0.05) is 12.1 Å². The summed E-state index contributed by atoms with van der Waals surface area (Å²) in [5.74, 6) is 0.262. The lowest BCUT2D eigenvalue weighted by Crippen LogP contribution is -2.25. The van der Waals surface area contributed by atoms with Gasteiger partial charge in [-0.05, 0) is 6.07 Å². The number of nitrogens with zero attached hydrogens (tertiary/aromatic N) is 2. The number of halogens is 1. The first-order valence-corrected chi connectivity index (χ1v) is 4.64. The fourth-order valence-electron chi connectivity index (χ4n) is 0.937. The quantitative estimate of drug-likeness (QED) is 0.635. The van der Waals surface area contributed by atoms with Crippen LogP contribution in [0.2, 0.25) is 5.02 Å². The normalized spacial score (nSPS) is 11.6. The van der Waals surface area contributed by atoms with Gasteiger partial charge in [0.05, 0.1) is 16.0 Å². The van der Waals surface area contributed by atoms with Gasteiger partial charge >= 0.3 is 0 Å². The SMILES string of the molecule is N#CC(N)COc1ccc([N+](=O)[O-])cc1Cl. The molecule has 1 unspecified atom stereocenters. The van der Waals surface area contributed by atoms with Crippen molar-refractivity contribution in [1.29, 1.82) is 5.26 Å². The molecule has 0 heterocycles. The highest BCUT2D eigenvalue weighted by Crippen LogP contribution is 2.28. The van der Waals surface area contributed by atoms with E-state index in [4.69, 9.17) is 27.3 Å². The molecule has 2 N–H and O–H groups in total. The standard InChI is InChI=1S/C9H8ClN3O3/c10-8-3-7(13(14)15)1-2-9(8)16-5-6(12)4-11/h1-3,6H,5,12H2. The van der Waals surface area contributed by atoms with Gasteiger partial charge in [-0.15, -0.1) is 0 Å². The van der Waals surface area contributed by atoms with Crippen molar-refractivity contribution in [1.82, 2.24) is 0 Å². The van der Waals surface area contributed by atoms with Gasteiger partial charge in [-0.2, -0.15) is 5.26 Å². The molecule has 0 bridgehead atoms. The fraction of sp³-hybridized carbons (Fsp3) is 0.222. The summed E-state index contributed by atoms with van der Waals surface area (Å²) < 4.78 is 5.12. The largest absolute Gasteiger partial charge is 0.489 e. The Kier molecular flexibility index (Phi) is 4.05. The van der Waals surface area contributed by atoms with Crippen molar-refractivity contribution < 1.29 is 9.66 Å². The number of benzene rings is 1. The molecule has 1 aromatic carbocycles. The van der Waals surface area contributed by atoms with Gasteiger partial charge in [0.2, 0.25) is 0 Å². The van der Waals surface area contributed by atoms with Crippen LogP contribution in [0.25, 0.3) is 0 Å². The van der Waals surface area contributed by atoms with Crippen LogP contribution in [0.15, 0.2) is 18.2 Å². The second-order valence-electron chi connectivity index (χ2n) is 2.92. The summed E-state index contributed by atoms with van der Waals surface area (Å²) in [5.41, 5.74) is 5.19. The lowest BCUT2D eigenvalue weighted by Gasteiger charge is -2.08. The van der Waals surface area contributed by atoms with Crippen LogP contribution in [0.1, 0.15) is 0 Å². The molecule has 7 heteroatoms. The lowest BCUT2D eigenvalue weighted by molar-refractivity contribution is -0.384. The molecule has 1 aromatic rings. The third-order valence-corrected chi connectivity index (χ3v) is 2.01. The van der Waals surface area contributed by atoms with Crippen molar-refractivity contribution >= 4 is 17.3 Å². The zero-order valence-corrected chi connectivity index (χ0v) is 8.85. The fourth-order valence-corrected chi connectivity index (χ4v) is 1.17. The van der Waals surface area contributed by atoms with Crippen molar-refractivity contribution in [3.05, 3.63) is 33.3 Å². The van der Waals surface area contributed by atoms with Gasteiger partial charge in [-0.1, -0.05) is 11.6 Å². The number of hydrogen-bond donors (Lipinski definition) is 1. The highest BCUT2D eigenvalue weighted by molar-refractivity contribution is 6.32. The molecular weight excluding hydrogens is 234 g/mol. The Hall–Kier alpha value is -1.84. The van der Waals surface area contributed by atoms with Gasteiger partial charge in [0.25, 0.3) is 5.69 Å². The van der Waals surface area contributed by atoms with Crippen molar-refractivity contribution in [2.24, 2.45) is 5.73 Å². The molecule has 0 aliphatic heterocycles. The Labute approximate surface area is 96.3 Å². The van der Waals surface area contributed by atoms with Crippen LogP contribution < -0.4 is 10.5 Å². The molecule has 0 aliphatic carbocycles. The Morgan fingerprint density at radius 1 is 1.69 bits per heavy atom. The van der Waals surface area contributed by atoms with Gasteiger partial charge in [0.1, 0.15) is 18.4 Å². The number of non-ortho nitro benzene ring substituents is 1. The minimum absolute atomic E-state index is 0.0198. The average molecular weight is 242 g/mol. The summed E-state index contributed by atoms with van der Waals surface area (Å²) in [5, 5.41) is 19.0. The monoisotopic (exact) mass is 241 g/mol. The van der Waals surface area contributed by atoms with E-state index in [2.05, 4.69) is 0 Å². The molecule has 1 atom stereocenters. The maximum Gasteiger partial charge on any atom is 0.271 e. The molecule has 16 heavy (non-hydrogen) atoms. The van der Waals surface area contributed by atoms with E-state index in [9.17, 15) is 10.1 Å². The molecule has 0 spiro atoms. The van der Waals surface area contributed by atoms with Gasteiger partial charge < -0.3 is 10.5 Å². The number of rotatable bonds is 4.